The highest BCUT2D eigenvalue weighted by Gasteiger charge is 2.18. The molecule has 2 rings (SSSR count). The third-order valence-corrected chi connectivity index (χ3v) is 4.27. The highest BCUT2D eigenvalue weighted by molar-refractivity contribution is 7.09. The molecule has 1 N–H and O–H groups in total. The number of hydrogen-bond acceptors (Lipinski definition) is 4. The smallest absolute Gasteiger partial charge is 0.247 e. The van der Waals surface area contributed by atoms with Gasteiger partial charge in [-0.05, 0) is 31.6 Å². The van der Waals surface area contributed by atoms with E-state index in [2.05, 4.69) is 10.3 Å². The van der Waals surface area contributed by atoms with Crippen molar-refractivity contribution in [3.05, 3.63) is 51.7 Å². The molecule has 0 spiro atoms. The quantitative estimate of drug-likeness (QED) is 0.572. The van der Waals surface area contributed by atoms with Crippen molar-refractivity contribution < 1.29 is 22.8 Å². The van der Waals surface area contributed by atoms with Gasteiger partial charge in [0.1, 0.15) is 6.54 Å². The van der Waals surface area contributed by atoms with E-state index in [0.29, 0.717) is 24.7 Å². The van der Waals surface area contributed by atoms with Crippen molar-refractivity contribution in [2.75, 3.05) is 18.4 Å². The first kappa shape index (κ1) is 20.6. The zero-order chi connectivity index (χ0) is 20.0. The average molecular weight is 397 g/mol. The zero-order valence-electron chi connectivity index (χ0n) is 14.8. The first-order valence-corrected chi connectivity index (χ1v) is 9.02. The van der Waals surface area contributed by atoms with Crippen LogP contribution in [0.1, 0.15) is 24.0 Å². The molecule has 1 heterocycles. The van der Waals surface area contributed by atoms with Crippen LogP contribution in [0.25, 0.3) is 6.08 Å². The predicted molar refractivity (Wildman–Crippen MR) is 97.7 cm³/mol. The monoisotopic (exact) mass is 397 g/mol. The van der Waals surface area contributed by atoms with Crippen LogP contribution in [0.5, 0.6) is 0 Å². The first-order chi connectivity index (χ1) is 12.8. The lowest BCUT2D eigenvalue weighted by molar-refractivity contribution is -0.130. The van der Waals surface area contributed by atoms with Gasteiger partial charge >= 0.3 is 0 Å². The van der Waals surface area contributed by atoms with Crippen LogP contribution in [0.2, 0.25) is 0 Å². The van der Waals surface area contributed by atoms with Gasteiger partial charge in [0, 0.05) is 18.0 Å². The third-order valence-electron chi connectivity index (χ3n) is 3.48. The summed E-state index contributed by atoms with van der Waals surface area (Å²) < 4.78 is 39.8. The van der Waals surface area contributed by atoms with Crippen LogP contribution in [-0.4, -0.2) is 34.8 Å². The summed E-state index contributed by atoms with van der Waals surface area (Å²) in [6.45, 7) is 3.62. The third kappa shape index (κ3) is 5.65. The van der Waals surface area contributed by atoms with E-state index in [1.165, 1.54) is 22.3 Å². The maximum atomic E-state index is 13.6. The lowest BCUT2D eigenvalue weighted by atomic mass is 10.2. The molecule has 0 atom stereocenters. The number of benzene rings is 1. The minimum Gasteiger partial charge on any atom is -0.330 e. The fourth-order valence-corrected chi connectivity index (χ4v) is 2.82. The van der Waals surface area contributed by atoms with E-state index >= 15 is 0 Å². The number of amides is 2. The minimum atomic E-state index is -1.67. The SMILES string of the molecule is CCCN(CC(=O)Nc1ccc(F)c(F)c1F)C(=O)/C=C/c1csc(C)n1. The Morgan fingerprint density at radius 1 is 1.26 bits per heavy atom. The number of carbonyl (C=O) groups excluding carboxylic acids is 2. The van der Waals surface area contributed by atoms with Crippen molar-refractivity contribution in [1.29, 1.82) is 0 Å². The number of carbonyl (C=O) groups is 2. The highest BCUT2D eigenvalue weighted by atomic mass is 32.1. The van der Waals surface area contributed by atoms with E-state index < -0.39 is 35.0 Å². The van der Waals surface area contributed by atoms with Gasteiger partial charge in [-0.1, -0.05) is 6.92 Å². The molecule has 0 fully saturated rings. The van der Waals surface area contributed by atoms with Crippen LogP contribution >= 0.6 is 11.3 Å². The molecule has 9 heteroatoms. The molecule has 0 saturated carbocycles. The summed E-state index contributed by atoms with van der Waals surface area (Å²) in [5, 5.41) is 4.80. The fourth-order valence-electron chi connectivity index (χ4n) is 2.24. The molecule has 0 saturated heterocycles. The van der Waals surface area contributed by atoms with Crippen molar-refractivity contribution in [1.82, 2.24) is 9.88 Å². The second kappa shape index (κ2) is 9.31. The second-order valence-electron chi connectivity index (χ2n) is 5.66. The molecule has 1 aromatic carbocycles. The lowest BCUT2D eigenvalue weighted by Crippen LogP contribution is -2.37. The fraction of sp³-hybridized carbons (Fsp3) is 0.278. The van der Waals surface area contributed by atoms with Crippen molar-refractivity contribution >= 4 is 34.9 Å². The summed E-state index contributed by atoms with van der Waals surface area (Å²) in [6.07, 6.45) is 3.44. The Morgan fingerprint density at radius 2 is 2.00 bits per heavy atom. The Morgan fingerprint density at radius 3 is 2.63 bits per heavy atom. The minimum absolute atomic E-state index is 0.299. The van der Waals surface area contributed by atoms with Gasteiger partial charge in [-0.25, -0.2) is 18.2 Å². The van der Waals surface area contributed by atoms with E-state index in [1.54, 1.807) is 11.5 Å². The van der Waals surface area contributed by atoms with Crippen LogP contribution in [0.4, 0.5) is 18.9 Å². The maximum Gasteiger partial charge on any atom is 0.247 e. The second-order valence-corrected chi connectivity index (χ2v) is 6.72. The number of aryl methyl sites for hydroxylation is 1. The van der Waals surface area contributed by atoms with Gasteiger partial charge in [0.2, 0.25) is 11.8 Å². The van der Waals surface area contributed by atoms with Gasteiger partial charge in [0.15, 0.2) is 17.5 Å². The van der Waals surface area contributed by atoms with Crippen molar-refractivity contribution in [2.45, 2.75) is 20.3 Å². The van der Waals surface area contributed by atoms with E-state index in [9.17, 15) is 22.8 Å². The molecule has 144 valence electrons. The van der Waals surface area contributed by atoms with E-state index in [4.69, 9.17) is 0 Å². The lowest BCUT2D eigenvalue weighted by Gasteiger charge is -2.20. The molecule has 27 heavy (non-hydrogen) atoms. The summed E-state index contributed by atoms with van der Waals surface area (Å²) in [5.74, 6) is -5.65. The maximum absolute atomic E-state index is 13.6. The Bertz CT molecular complexity index is 868. The molecule has 5 nitrogen and oxygen atoms in total. The standard InChI is InChI=1S/C18H18F3N3O2S/c1-3-8-24(16(26)7-4-12-10-27-11(2)22-12)9-15(25)23-14-6-5-13(19)17(20)18(14)21/h4-7,10H,3,8-9H2,1-2H3,(H,23,25)/b7-4+. The van der Waals surface area contributed by atoms with Crippen molar-refractivity contribution in [2.24, 2.45) is 0 Å². The molecular weight excluding hydrogens is 379 g/mol. The van der Waals surface area contributed by atoms with Gasteiger partial charge in [0.05, 0.1) is 16.4 Å². The number of thiazole rings is 1. The van der Waals surface area contributed by atoms with E-state index in [-0.39, 0.29) is 6.54 Å². The van der Waals surface area contributed by atoms with E-state index in [0.717, 1.165) is 11.1 Å². The van der Waals surface area contributed by atoms with Crippen LogP contribution in [-0.2, 0) is 9.59 Å². The number of nitrogens with one attached hydrogen (secondary N) is 1. The zero-order valence-corrected chi connectivity index (χ0v) is 15.6. The molecule has 2 amide bonds. The van der Waals surface area contributed by atoms with Crippen molar-refractivity contribution in [3.8, 4) is 0 Å². The molecule has 0 aliphatic rings. The normalized spacial score (nSPS) is 11.0. The Labute approximate surface area is 158 Å². The summed E-state index contributed by atoms with van der Waals surface area (Å²) >= 11 is 1.45. The van der Waals surface area contributed by atoms with Gasteiger partial charge in [-0.15, -0.1) is 11.3 Å². The van der Waals surface area contributed by atoms with Crippen LogP contribution < -0.4 is 5.32 Å². The van der Waals surface area contributed by atoms with Crippen LogP contribution in [0.3, 0.4) is 0 Å². The number of hydrogen-bond donors (Lipinski definition) is 1. The predicted octanol–water partition coefficient (Wildman–Crippen LogP) is 3.76. The first-order valence-electron chi connectivity index (χ1n) is 8.14. The van der Waals surface area contributed by atoms with Gasteiger partial charge < -0.3 is 10.2 Å². The van der Waals surface area contributed by atoms with Crippen LogP contribution in [0, 0.1) is 24.4 Å². The largest absolute Gasteiger partial charge is 0.330 e. The molecule has 0 aliphatic carbocycles. The molecular formula is C18H18F3N3O2S. The Balaban J connectivity index is 2.04. The molecule has 0 radical (unpaired) electrons. The summed E-state index contributed by atoms with van der Waals surface area (Å²) in [6, 6.07) is 1.63. The van der Waals surface area contributed by atoms with Crippen molar-refractivity contribution in [3.63, 3.8) is 0 Å². The van der Waals surface area contributed by atoms with E-state index in [1.807, 2.05) is 13.8 Å². The molecule has 0 bridgehead atoms. The summed E-state index contributed by atoms with van der Waals surface area (Å²) in [5.41, 5.74) is 0.145. The number of rotatable bonds is 7. The molecule has 0 aliphatic heterocycles. The number of nitrogens with zero attached hydrogens (tertiary/aromatic N) is 2. The number of aromatic nitrogens is 1. The summed E-state index contributed by atoms with van der Waals surface area (Å²) in [7, 11) is 0. The Kier molecular flexibility index (Phi) is 7.12. The molecule has 2 aromatic rings. The van der Waals surface area contributed by atoms with Gasteiger partial charge in [0.25, 0.3) is 0 Å². The van der Waals surface area contributed by atoms with Crippen LogP contribution in [0.15, 0.2) is 23.6 Å². The topological polar surface area (TPSA) is 62.3 Å². The number of anilines is 1. The average Bonchev–Trinajstić information content (AvgIpc) is 3.05. The molecule has 1 aromatic heterocycles. The number of halogens is 3. The molecule has 0 unspecified atom stereocenters. The van der Waals surface area contributed by atoms with Gasteiger partial charge in [-0.2, -0.15) is 0 Å². The van der Waals surface area contributed by atoms with Gasteiger partial charge in [-0.3, -0.25) is 9.59 Å². The highest BCUT2D eigenvalue weighted by Crippen LogP contribution is 2.19. The summed E-state index contributed by atoms with van der Waals surface area (Å²) in [4.78, 5) is 29.9. The Hall–Kier alpha value is -2.68.